The van der Waals surface area contributed by atoms with E-state index in [-0.39, 0.29) is 5.97 Å². The van der Waals surface area contributed by atoms with Crippen LogP contribution < -0.4 is 5.32 Å². The number of fused-ring (bicyclic) bond motifs is 1. The molecule has 1 saturated heterocycles. The van der Waals surface area contributed by atoms with Crippen molar-refractivity contribution in [2.75, 3.05) is 13.2 Å². The molecule has 1 N–H and O–H groups in total. The molecule has 4 nitrogen and oxygen atoms in total. The molecule has 2 heterocycles. The van der Waals surface area contributed by atoms with Crippen LogP contribution in [-0.2, 0) is 16.1 Å². The number of rotatable bonds is 5. The van der Waals surface area contributed by atoms with Crippen LogP contribution in [0, 0.1) is 0 Å². The summed E-state index contributed by atoms with van der Waals surface area (Å²) in [6, 6.07) is 8.99. The summed E-state index contributed by atoms with van der Waals surface area (Å²) in [6.07, 6.45) is 2.47. The summed E-state index contributed by atoms with van der Waals surface area (Å²) in [5, 5.41) is 4.61. The summed E-state index contributed by atoms with van der Waals surface area (Å²) in [6.45, 7) is 4.01. The van der Waals surface area contributed by atoms with Gasteiger partial charge in [0.1, 0.15) is 0 Å². The first-order valence-electron chi connectivity index (χ1n) is 6.76. The van der Waals surface area contributed by atoms with Crippen LogP contribution in [0.15, 0.2) is 30.5 Å². The zero-order valence-corrected chi connectivity index (χ0v) is 11.1. The molecule has 1 atom stereocenters. The summed E-state index contributed by atoms with van der Waals surface area (Å²) in [4.78, 5) is 11.4. The van der Waals surface area contributed by atoms with E-state index in [1.807, 2.05) is 6.92 Å². The standard InChI is InChI=1S/C15H18N2O2/c1-2-19-15(18)7-9-17-8-6-12-11(13-10-16-13)4-3-5-14(12)17/h3-6,8,13,16H,2,7,9-10H2,1H3. The van der Waals surface area contributed by atoms with Gasteiger partial charge in [-0.05, 0) is 24.6 Å². The lowest BCUT2D eigenvalue weighted by atomic mass is 10.1. The number of aromatic nitrogens is 1. The molecule has 1 aromatic carbocycles. The van der Waals surface area contributed by atoms with Crippen molar-refractivity contribution >= 4 is 16.9 Å². The third-order valence-corrected chi connectivity index (χ3v) is 3.49. The molecule has 1 aliphatic heterocycles. The lowest BCUT2D eigenvalue weighted by Gasteiger charge is -2.06. The Morgan fingerprint density at radius 3 is 3.05 bits per heavy atom. The minimum absolute atomic E-state index is 0.135. The molecule has 19 heavy (non-hydrogen) atoms. The zero-order chi connectivity index (χ0) is 13.2. The number of aryl methyl sites for hydroxylation is 1. The molecular weight excluding hydrogens is 240 g/mol. The largest absolute Gasteiger partial charge is 0.466 e. The molecule has 0 spiro atoms. The van der Waals surface area contributed by atoms with Crippen LogP contribution in [0.1, 0.15) is 24.9 Å². The normalized spacial score (nSPS) is 17.6. The van der Waals surface area contributed by atoms with Crippen LogP contribution in [0.4, 0.5) is 0 Å². The molecule has 1 fully saturated rings. The van der Waals surface area contributed by atoms with Gasteiger partial charge in [0.15, 0.2) is 0 Å². The maximum Gasteiger partial charge on any atom is 0.307 e. The van der Waals surface area contributed by atoms with E-state index >= 15 is 0 Å². The van der Waals surface area contributed by atoms with Gasteiger partial charge in [0.25, 0.3) is 0 Å². The van der Waals surface area contributed by atoms with Gasteiger partial charge < -0.3 is 14.6 Å². The highest BCUT2D eigenvalue weighted by molar-refractivity contribution is 5.84. The van der Waals surface area contributed by atoms with Crippen molar-refractivity contribution in [3.05, 3.63) is 36.0 Å². The van der Waals surface area contributed by atoms with Crippen LogP contribution in [0.5, 0.6) is 0 Å². The van der Waals surface area contributed by atoms with Gasteiger partial charge in [-0.25, -0.2) is 0 Å². The van der Waals surface area contributed by atoms with Gasteiger partial charge in [-0.3, -0.25) is 4.79 Å². The van der Waals surface area contributed by atoms with E-state index in [0.717, 1.165) is 6.54 Å². The molecule has 4 heteroatoms. The Balaban J connectivity index is 1.81. The van der Waals surface area contributed by atoms with E-state index in [0.29, 0.717) is 25.6 Å². The number of ether oxygens (including phenoxy) is 1. The first kappa shape index (κ1) is 12.2. The Labute approximate surface area is 112 Å². The maximum absolute atomic E-state index is 11.4. The fourth-order valence-corrected chi connectivity index (χ4v) is 2.47. The minimum atomic E-state index is -0.135. The average molecular weight is 258 g/mol. The van der Waals surface area contributed by atoms with Crippen LogP contribution in [0.3, 0.4) is 0 Å². The third-order valence-electron chi connectivity index (χ3n) is 3.49. The van der Waals surface area contributed by atoms with E-state index in [4.69, 9.17) is 4.74 Å². The predicted molar refractivity (Wildman–Crippen MR) is 73.9 cm³/mol. The molecule has 0 bridgehead atoms. The Hall–Kier alpha value is -1.81. The molecule has 1 aromatic heterocycles. The topological polar surface area (TPSA) is 53.2 Å². The van der Waals surface area contributed by atoms with Crippen molar-refractivity contribution in [1.82, 2.24) is 9.88 Å². The molecule has 0 amide bonds. The van der Waals surface area contributed by atoms with Gasteiger partial charge in [-0.1, -0.05) is 12.1 Å². The fourth-order valence-electron chi connectivity index (χ4n) is 2.47. The summed E-state index contributed by atoms with van der Waals surface area (Å²) < 4.78 is 7.09. The highest BCUT2D eigenvalue weighted by Crippen LogP contribution is 2.29. The third kappa shape index (κ3) is 2.49. The molecule has 1 aliphatic rings. The smallest absolute Gasteiger partial charge is 0.307 e. The molecule has 0 saturated carbocycles. The number of nitrogens with zero attached hydrogens (tertiary/aromatic N) is 1. The van der Waals surface area contributed by atoms with Crippen molar-refractivity contribution < 1.29 is 9.53 Å². The molecule has 3 rings (SSSR count). The minimum Gasteiger partial charge on any atom is -0.466 e. The first-order chi connectivity index (χ1) is 9.29. The van der Waals surface area contributed by atoms with Crippen molar-refractivity contribution in [1.29, 1.82) is 0 Å². The molecule has 1 unspecified atom stereocenters. The van der Waals surface area contributed by atoms with E-state index in [9.17, 15) is 4.79 Å². The predicted octanol–water partition coefficient (Wildman–Crippen LogP) is 2.24. The second-order valence-electron chi connectivity index (χ2n) is 4.81. The Morgan fingerprint density at radius 2 is 2.32 bits per heavy atom. The maximum atomic E-state index is 11.4. The second-order valence-corrected chi connectivity index (χ2v) is 4.81. The summed E-state index contributed by atoms with van der Waals surface area (Å²) in [5.41, 5.74) is 2.54. The second kappa shape index (κ2) is 5.05. The highest BCUT2D eigenvalue weighted by Gasteiger charge is 2.24. The van der Waals surface area contributed by atoms with Gasteiger partial charge in [-0.2, -0.15) is 0 Å². The number of carbonyl (C=O) groups is 1. The monoisotopic (exact) mass is 258 g/mol. The molecule has 2 aromatic rings. The number of hydrogen-bond acceptors (Lipinski definition) is 3. The summed E-state index contributed by atoms with van der Waals surface area (Å²) in [7, 11) is 0. The van der Waals surface area contributed by atoms with E-state index < -0.39 is 0 Å². The van der Waals surface area contributed by atoms with Crippen LogP contribution >= 0.6 is 0 Å². The average Bonchev–Trinajstić information content (AvgIpc) is 3.17. The van der Waals surface area contributed by atoms with Gasteiger partial charge in [-0.15, -0.1) is 0 Å². The lowest BCUT2D eigenvalue weighted by Crippen LogP contribution is -2.08. The van der Waals surface area contributed by atoms with Gasteiger partial charge in [0.2, 0.25) is 0 Å². The lowest BCUT2D eigenvalue weighted by molar-refractivity contribution is -0.143. The van der Waals surface area contributed by atoms with E-state index in [1.54, 1.807) is 0 Å². The quantitative estimate of drug-likeness (QED) is 0.661. The van der Waals surface area contributed by atoms with Gasteiger partial charge in [0, 0.05) is 36.2 Å². The van der Waals surface area contributed by atoms with Crippen molar-refractivity contribution in [3.63, 3.8) is 0 Å². The number of hydrogen-bond donors (Lipinski definition) is 1. The molecule has 0 aliphatic carbocycles. The first-order valence-corrected chi connectivity index (χ1v) is 6.76. The highest BCUT2D eigenvalue weighted by atomic mass is 16.5. The number of carbonyl (C=O) groups excluding carboxylic acids is 1. The number of esters is 1. The number of nitrogens with one attached hydrogen (secondary N) is 1. The summed E-state index contributed by atoms with van der Waals surface area (Å²) in [5.74, 6) is -0.135. The molecule has 0 radical (unpaired) electrons. The van der Waals surface area contributed by atoms with Crippen molar-refractivity contribution in [3.8, 4) is 0 Å². The van der Waals surface area contributed by atoms with Crippen LogP contribution in [0.2, 0.25) is 0 Å². The zero-order valence-electron chi connectivity index (χ0n) is 11.1. The fraction of sp³-hybridized carbons (Fsp3) is 0.400. The Kier molecular flexibility index (Phi) is 3.25. The van der Waals surface area contributed by atoms with Crippen LogP contribution in [-0.4, -0.2) is 23.7 Å². The van der Waals surface area contributed by atoms with Gasteiger partial charge in [0.05, 0.1) is 13.0 Å². The SMILES string of the molecule is CCOC(=O)CCn1ccc2c(C3CN3)cccc21. The molecular formula is C15H18N2O2. The summed E-state index contributed by atoms with van der Waals surface area (Å²) >= 11 is 0. The Bertz CT molecular complexity index is 599. The number of benzene rings is 1. The van der Waals surface area contributed by atoms with Crippen LogP contribution in [0.25, 0.3) is 10.9 Å². The van der Waals surface area contributed by atoms with Gasteiger partial charge >= 0.3 is 5.97 Å². The Morgan fingerprint density at radius 1 is 1.47 bits per heavy atom. The molecule has 100 valence electrons. The van der Waals surface area contributed by atoms with Crippen molar-refractivity contribution in [2.45, 2.75) is 25.9 Å². The van der Waals surface area contributed by atoms with E-state index in [2.05, 4.69) is 40.3 Å². The van der Waals surface area contributed by atoms with Crippen molar-refractivity contribution in [2.24, 2.45) is 0 Å². The van der Waals surface area contributed by atoms with E-state index in [1.165, 1.54) is 16.5 Å².